The number of nitrogens with two attached hydrogens (primary N) is 1. The van der Waals surface area contributed by atoms with Crippen molar-refractivity contribution < 1.29 is 0 Å². The number of para-hydroxylation sites is 1. The van der Waals surface area contributed by atoms with Crippen molar-refractivity contribution in [3.8, 4) is 11.3 Å². The fourth-order valence-corrected chi connectivity index (χ4v) is 1.79. The van der Waals surface area contributed by atoms with Gasteiger partial charge in [-0.25, -0.2) is 0 Å². The Kier molecular flexibility index (Phi) is 1.94. The fraction of sp³-hybridized carbons (Fsp3) is 0. The van der Waals surface area contributed by atoms with Gasteiger partial charge in [0.1, 0.15) is 0 Å². The minimum atomic E-state index is -0.345. The van der Waals surface area contributed by atoms with Gasteiger partial charge in [0.2, 0.25) is 5.95 Å². The van der Waals surface area contributed by atoms with Crippen LogP contribution in [0.2, 0.25) is 0 Å². The standard InChI is InChI=1S/C11H9N5O/c12-11-14-10(17)9(15-16-11)7-5-13-8-4-2-1-3-6(7)8/h1-5,13H,(H3,12,14,16,17). The van der Waals surface area contributed by atoms with E-state index in [2.05, 4.69) is 20.2 Å². The number of aromatic nitrogens is 4. The van der Waals surface area contributed by atoms with Gasteiger partial charge in [0.25, 0.3) is 5.56 Å². The maximum absolute atomic E-state index is 11.7. The molecule has 2 aromatic heterocycles. The normalized spacial score (nSPS) is 10.8. The average Bonchev–Trinajstić information content (AvgIpc) is 2.73. The molecule has 6 nitrogen and oxygen atoms in total. The van der Waals surface area contributed by atoms with Crippen molar-refractivity contribution >= 4 is 16.9 Å². The number of nitrogen functional groups attached to an aromatic ring is 1. The second-order valence-corrected chi connectivity index (χ2v) is 3.64. The molecule has 0 aliphatic heterocycles. The van der Waals surface area contributed by atoms with Crippen LogP contribution in [-0.2, 0) is 0 Å². The van der Waals surface area contributed by atoms with Crippen LogP contribution >= 0.6 is 0 Å². The van der Waals surface area contributed by atoms with Crippen molar-refractivity contribution in [3.63, 3.8) is 0 Å². The van der Waals surface area contributed by atoms with Crippen LogP contribution in [0.3, 0.4) is 0 Å². The van der Waals surface area contributed by atoms with Crippen LogP contribution in [0.15, 0.2) is 35.3 Å². The summed E-state index contributed by atoms with van der Waals surface area (Å²) in [6, 6.07) is 7.66. The van der Waals surface area contributed by atoms with E-state index >= 15 is 0 Å². The van der Waals surface area contributed by atoms with E-state index in [-0.39, 0.29) is 17.2 Å². The Hall–Kier alpha value is -2.63. The average molecular weight is 227 g/mol. The van der Waals surface area contributed by atoms with E-state index in [0.29, 0.717) is 5.56 Å². The summed E-state index contributed by atoms with van der Waals surface area (Å²) in [6.45, 7) is 0. The summed E-state index contributed by atoms with van der Waals surface area (Å²) >= 11 is 0. The van der Waals surface area contributed by atoms with E-state index in [4.69, 9.17) is 5.73 Å². The van der Waals surface area contributed by atoms with E-state index in [1.807, 2.05) is 24.3 Å². The van der Waals surface area contributed by atoms with Gasteiger partial charge in [-0.3, -0.25) is 9.78 Å². The molecule has 0 amide bonds. The number of fused-ring (bicyclic) bond motifs is 1. The topological polar surface area (TPSA) is 100 Å². The van der Waals surface area contributed by atoms with Crippen molar-refractivity contribution in [1.29, 1.82) is 0 Å². The maximum Gasteiger partial charge on any atom is 0.279 e. The van der Waals surface area contributed by atoms with E-state index in [1.54, 1.807) is 6.20 Å². The summed E-state index contributed by atoms with van der Waals surface area (Å²) in [5.74, 6) is 0.0126. The van der Waals surface area contributed by atoms with Crippen LogP contribution in [0.1, 0.15) is 0 Å². The molecule has 0 spiro atoms. The first-order valence-corrected chi connectivity index (χ1v) is 5.04. The first kappa shape index (κ1) is 9.59. The lowest BCUT2D eigenvalue weighted by Crippen LogP contribution is -2.15. The van der Waals surface area contributed by atoms with Gasteiger partial charge in [0.05, 0.1) is 0 Å². The monoisotopic (exact) mass is 227 g/mol. The van der Waals surface area contributed by atoms with Crippen molar-refractivity contribution in [1.82, 2.24) is 20.2 Å². The Morgan fingerprint density at radius 1 is 1.18 bits per heavy atom. The van der Waals surface area contributed by atoms with Gasteiger partial charge in [-0.1, -0.05) is 18.2 Å². The zero-order valence-electron chi connectivity index (χ0n) is 8.77. The molecule has 84 valence electrons. The first-order valence-electron chi connectivity index (χ1n) is 5.04. The minimum absolute atomic E-state index is 0.0126. The van der Waals surface area contributed by atoms with Gasteiger partial charge < -0.3 is 10.7 Å². The van der Waals surface area contributed by atoms with Gasteiger partial charge in [-0.2, -0.15) is 0 Å². The number of aromatic amines is 2. The smallest absolute Gasteiger partial charge is 0.279 e. The molecular formula is C11H9N5O. The van der Waals surface area contributed by atoms with Crippen LogP contribution in [-0.4, -0.2) is 20.2 Å². The molecule has 4 N–H and O–H groups in total. The Morgan fingerprint density at radius 2 is 2.00 bits per heavy atom. The Morgan fingerprint density at radius 3 is 2.82 bits per heavy atom. The molecule has 17 heavy (non-hydrogen) atoms. The largest absolute Gasteiger partial charge is 0.368 e. The highest BCUT2D eigenvalue weighted by molar-refractivity contribution is 5.94. The van der Waals surface area contributed by atoms with Crippen molar-refractivity contribution in [2.75, 3.05) is 5.73 Å². The summed E-state index contributed by atoms with van der Waals surface area (Å²) in [6.07, 6.45) is 1.74. The van der Waals surface area contributed by atoms with Crippen LogP contribution < -0.4 is 11.3 Å². The zero-order valence-corrected chi connectivity index (χ0v) is 8.77. The molecule has 0 aliphatic rings. The quantitative estimate of drug-likeness (QED) is 0.574. The summed E-state index contributed by atoms with van der Waals surface area (Å²) in [7, 11) is 0. The molecule has 3 aromatic rings. The number of hydrogen-bond acceptors (Lipinski definition) is 4. The summed E-state index contributed by atoms with van der Waals surface area (Å²) in [5, 5.41) is 8.42. The fourth-order valence-electron chi connectivity index (χ4n) is 1.79. The summed E-state index contributed by atoms with van der Waals surface area (Å²) in [4.78, 5) is 17.2. The SMILES string of the molecule is Nc1nnc(-c2c[nH]c3ccccc23)c(=O)[nH]1. The minimum Gasteiger partial charge on any atom is -0.368 e. The van der Waals surface area contributed by atoms with E-state index in [0.717, 1.165) is 10.9 Å². The molecular weight excluding hydrogens is 218 g/mol. The van der Waals surface area contributed by atoms with E-state index in [9.17, 15) is 4.79 Å². The Balaban J connectivity index is 2.31. The molecule has 0 fully saturated rings. The highest BCUT2D eigenvalue weighted by atomic mass is 16.1. The van der Waals surface area contributed by atoms with E-state index < -0.39 is 0 Å². The molecule has 0 saturated carbocycles. The third-order valence-corrected chi connectivity index (χ3v) is 2.56. The van der Waals surface area contributed by atoms with Gasteiger partial charge in [-0.05, 0) is 6.07 Å². The third kappa shape index (κ3) is 1.46. The molecule has 2 heterocycles. The highest BCUT2D eigenvalue weighted by Crippen LogP contribution is 2.24. The molecule has 3 rings (SSSR count). The molecule has 6 heteroatoms. The maximum atomic E-state index is 11.7. The van der Waals surface area contributed by atoms with Crippen molar-refractivity contribution in [2.45, 2.75) is 0 Å². The molecule has 0 atom stereocenters. The number of benzene rings is 1. The molecule has 0 aliphatic carbocycles. The number of hydrogen-bond donors (Lipinski definition) is 3. The predicted molar refractivity (Wildman–Crippen MR) is 64.4 cm³/mol. The zero-order chi connectivity index (χ0) is 11.8. The summed E-state index contributed by atoms with van der Waals surface area (Å²) < 4.78 is 0. The lowest BCUT2D eigenvalue weighted by atomic mass is 10.1. The molecule has 0 radical (unpaired) electrons. The van der Waals surface area contributed by atoms with Crippen LogP contribution in [0.5, 0.6) is 0 Å². The van der Waals surface area contributed by atoms with E-state index in [1.165, 1.54) is 0 Å². The number of nitrogens with zero attached hydrogens (tertiary/aromatic N) is 2. The first-order chi connectivity index (χ1) is 8.25. The Labute approximate surface area is 95.5 Å². The lowest BCUT2D eigenvalue weighted by molar-refractivity contribution is 0.970. The summed E-state index contributed by atoms with van der Waals surface area (Å²) in [5.41, 5.74) is 6.93. The predicted octanol–water partition coefficient (Wildman–Crippen LogP) is 0.895. The van der Waals surface area contributed by atoms with Gasteiger partial charge in [-0.15, -0.1) is 10.2 Å². The lowest BCUT2D eigenvalue weighted by Gasteiger charge is -1.97. The number of rotatable bonds is 1. The number of nitrogens with one attached hydrogen (secondary N) is 2. The second-order valence-electron chi connectivity index (χ2n) is 3.64. The van der Waals surface area contributed by atoms with Crippen LogP contribution in [0, 0.1) is 0 Å². The van der Waals surface area contributed by atoms with Crippen molar-refractivity contribution in [2.24, 2.45) is 0 Å². The van der Waals surface area contributed by atoms with Gasteiger partial charge >= 0.3 is 0 Å². The van der Waals surface area contributed by atoms with Gasteiger partial charge in [0.15, 0.2) is 5.69 Å². The van der Waals surface area contributed by atoms with Crippen LogP contribution in [0.4, 0.5) is 5.95 Å². The molecule has 0 saturated heterocycles. The van der Waals surface area contributed by atoms with Gasteiger partial charge in [0, 0.05) is 22.7 Å². The highest BCUT2D eigenvalue weighted by Gasteiger charge is 2.11. The van der Waals surface area contributed by atoms with Crippen molar-refractivity contribution in [3.05, 3.63) is 40.8 Å². The molecule has 0 unspecified atom stereocenters. The van der Waals surface area contributed by atoms with Crippen LogP contribution in [0.25, 0.3) is 22.2 Å². The number of anilines is 1. The third-order valence-electron chi connectivity index (χ3n) is 2.56. The molecule has 1 aromatic carbocycles. The second kappa shape index (κ2) is 3.44. The Bertz CT molecular complexity index is 743. The number of H-pyrrole nitrogens is 2. The molecule has 0 bridgehead atoms.